The summed E-state index contributed by atoms with van der Waals surface area (Å²) in [6.07, 6.45) is 1.24. The topological polar surface area (TPSA) is 86.7 Å². The zero-order valence-corrected chi connectivity index (χ0v) is 15.2. The first kappa shape index (κ1) is 18.1. The van der Waals surface area contributed by atoms with Crippen LogP contribution in [0.25, 0.3) is 0 Å². The Morgan fingerprint density at radius 3 is 2.69 bits per heavy atom. The minimum absolute atomic E-state index is 0.0116. The Kier molecular flexibility index (Phi) is 5.37. The molecule has 2 N–H and O–H groups in total. The maximum atomic E-state index is 12.9. The van der Waals surface area contributed by atoms with Crippen molar-refractivity contribution in [2.75, 3.05) is 11.9 Å². The Hall–Kier alpha value is -2.67. The molecule has 0 bridgehead atoms. The number of anilines is 1. The lowest BCUT2D eigenvalue weighted by Gasteiger charge is -2.36. The summed E-state index contributed by atoms with van der Waals surface area (Å²) in [5.41, 5.74) is 0.973. The van der Waals surface area contributed by atoms with Crippen LogP contribution in [0.1, 0.15) is 39.8 Å². The highest BCUT2D eigenvalue weighted by atomic mass is 32.1. The van der Waals surface area contributed by atoms with Crippen molar-refractivity contribution in [2.45, 2.75) is 25.8 Å². The number of likely N-dealkylation sites (tertiary alicyclic amines) is 1. The van der Waals surface area contributed by atoms with E-state index in [-0.39, 0.29) is 24.4 Å². The monoisotopic (exact) mass is 372 g/mol. The minimum Gasteiger partial charge on any atom is -0.481 e. The number of nitrogens with one attached hydrogen (secondary N) is 1. The van der Waals surface area contributed by atoms with Gasteiger partial charge < -0.3 is 15.3 Å². The fourth-order valence-electron chi connectivity index (χ4n) is 3.09. The number of carboxylic acids is 1. The molecule has 1 saturated heterocycles. The van der Waals surface area contributed by atoms with Crippen molar-refractivity contribution in [1.82, 2.24) is 4.90 Å². The van der Waals surface area contributed by atoms with E-state index in [1.165, 1.54) is 11.3 Å². The van der Waals surface area contributed by atoms with Crippen LogP contribution in [0.15, 0.2) is 41.8 Å². The van der Waals surface area contributed by atoms with E-state index in [4.69, 9.17) is 0 Å². The normalized spacial score (nSPS) is 19.8. The Bertz CT molecular complexity index is 819. The van der Waals surface area contributed by atoms with Gasteiger partial charge in [-0.15, -0.1) is 11.3 Å². The molecule has 26 heavy (non-hydrogen) atoms. The highest BCUT2D eigenvalue weighted by molar-refractivity contribution is 7.12. The molecule has 3 rings (SSSR count). The third-order valence-corrected chi connectivity index (χ3v) is 5.47. The van der Waals surface area contributed by atoms with E-state index >= 15 is 0 Å². The number of carbonyl (C=O) groups excluding carboxylic acids is 2. The molecule has 0 spiro atoms. The van der Waals surface area contributed by atoms with Crippen molar-refractivity contribution in [1.29, 1.82) is 0 Å². The molecule has 2 heterocycles. The van der Waals surface area contributed by atoms with Crippen molar-refractivity contribution in [2.24, 2.45) is 5.92 Å². The lowest BCUT2D eigenvalue weighted by Crippen LogP contribution is -2.47. The van der Waals surface area contributed by atoms with Gasteiger partial charge >= 0.3 is 5.97 Å². The third kappa shape index (κ3) is 3.94. The molecule has 7 heteroatoms. The van der Waals surface area contributed by atoms with Crippen molar-refractivity contribution < 1.29 is 19.5 Å². The molecule has 1 aromatic carbocycles. The lowest BCUT2D eigenvalue weighted by molar-refractivity contribution is -0.143. The van der Waals surface area contributed by atoms with Crippen LogP contribution in [0.5, 0.6) is 0 Å². The molecular formula is C19H20N2O4S. The van der Waals surface area contributed by atoms with E-state index < -0.39 is 11.9 Å². The van der Waals surface area contributed by atoms with Crippen molar-refractivity contribution in [3.63, 3.8) is 0 Å². The molecule has 2 atom stereocenters. The molecular weight excluding hydrogens is 352 g/mol. The lowest BCUT2D eigenvalue weighted by atomic mass is 9.93. The van der Waals surface area contributed by atoms with Gasteiger partial charge in [0.1, 0.15) is 0 Å². The fourth-order valence-corrected chi connectivity index (χ4v) is 3.71. The number of carbonyl (C=O) groups is 3. The van der Waals surface area contributed by atoms with E-state index in [2.05, 4.69) is 5.32 Å². The van der Waals surface area contributed by atoms with Crippen LogP contribution in [0.3, 0.4) is 0 Å². The number of carboxylic acid groups (broad SMARTS) is 1. The maximum absolute atomic E-state index is 12.9. The fraction of sp³-hybridized carbons (Fsp3) is 0.316. The average molecular weight is 372 g/mol. The molecule has 1 aromatic heterocycles. The number of rotatable bonds is 4. The number of piperidine rings is 1. The second-order valence-corrected chi connectivity index (χ2v) is 7.38. The van der Waals surface area contributed by atoms with Crippen LogP contribution in [-0.2, 0) is 4.79 Å². The summed E-state index contributed by atoms with van der Waals surface area (Å²) >= 11 is 1.34. The molecule has 1 aliphatic rings. The van der Waals surface area contributed by atoms with Crippen LogP contribution in [0.4, 0.5) is 5.69 Å². The number of nitrogens with zero attached hydrogens (tertiary/aromatic N) is 1. The number of amides is 2. The molecule has 1 fully saturated rings. The van der Waals surface area contributed by atoms with Crippen LogP contribution in [0.2, 0.25) is 0 Å². The number of benzene rings is 1. The summed E-state index contributed by atoms with van der Waals surface area (Å²) in [7, 11) is 0. The van der Waals surface area contributed by atoms with Crippen LogP contribution < -0.4 is 5.32 Å². The molecule has 136 valence electrons. The van der Waals surface area contributed by atoms with Gasteiger partial charge in [0.25, 0.3) is 11.8 Å². The zero-order valence-electron chi connectivity index (χ0n) is 14.3. The first-order chi connectivity index (χ1) is 12.5. The Balaban J connectivity index is 1.75. The quantitative estimate of drug-likeness (QED) is 0.862. The van der Waals surface area contributed by atoms with Crippen molar-refractivity contribution >= 4 is 34.8 Å². The van der Waals surface area contributed by atoms with Gasteiger partial charge in [-0.05, 0) is 49.4 Å². The Morgan fingerprint density at radius 1 is 1.19 bits per heavy atom. The van der Waals surface area contributed by atoms with Gasteiger partial charge in [0.05, 0.1) is 10.8 Å². The first-order valence-electron chi connectivity index (χ1n) is 8.44. The summed E-state index contributed by atoms with van der Waals surface area (Å²) in [4.78, 5) is 38.5. The van der Waals surface area contributed by atoms with E-state index in [1.54, 1.807) is 41.3 Å². The minimum atomic E-state index is -0.869. The number of hydrogen-bond acceptors (Lipinski definition) is 4. The molecule has 2 amide bonds. The molecule has 0 aliphatic carbocycles. The highest BCUT2D eigenvalue weighted by Gasteiger charge is 2.33. The van der Waals surface area contributed by atoms with Gasteiger partial charge in [0.15, 0.2) is 0 Å². The summed E-state index contributed by atoms with van der Waals surface area (Å²) < 4.78 is 0. The first-order valence-corrected chi connectivity index (χ1v) is 9.32. The number of aliphatic carboxylic acids is 1. The molecule has 0 saturated carbocycles. The van der Waals surface area contributed by atoms with Gasteiger partial charge in [-0.1, -0.05) is 12.1 Å². The van der Waals surface area contributed by atoms with E-state index in [0.717, 1.165) is 0 Å². The summed E-state index contributed by atoms with van der Waals surface area (Å²) in [5, 5.41) is 13.9. The van der Waals surface area contributed by atoms with Crippen LogP contribution >= 0.6 is 11.3 Å². The van der Waals surface area contributed by atoms with Gasteiger partial charge in [-0.2, -0.15) is 0 Å². The maximum Gasteiger partial charge on any atom is 0.308 e. The second kappa shape index (κ2) is 7.70. The molecule has 1 aliphatic heterocycles. The van der Waals surface area contributed by atoms with E-state index in [0.29, 0.717) is 29.0 Å². The molecule has 0 radical (unpaired) electrons. The smallest absolute Gasteiger partial charge is 0.308 e. The van der Waals surface area contributed by atoms with Crippen molar-refractivity contribution in [3.05, 3.63) is 52.2 Å². The summed E-state index contributed by atoms with van der Waals surface area (Å²) in [6, 6.07) is 10.3. The van der Waals surface area contributed by atoms with Crippen LogP contribution in [-0.4, -0.2) is 40.4 Å². The van der Waals surface area contributed by atoms with Gasteiger partial charge in [0.2, 0.25) is 0 Å². The standard InChI is InChI=1S/C19H20N2O4S/c1-12-7-8-14(19(24)25)11-21(12)18(23)13-4-2-5-15(10-13)20-17(22)16-6-3-9-26-16/h2-6,9-10,12,14H,7-8,11H2,1H3,(H,20,22)(H,24,25). The molecule has 2 aromatic rings. The molecule has 6 nitrogen and oxygen atoms in total. The summed E-state index contributed by atoms with van der Waals surface area (Å²) in [5.74, 6) is -1.83. The van der Waals surface area contributed by atoms with Crippen molar-refractivity contribution in [3.8, 4) is 0 Å². The van der Waals surface area contributed by atoms with Crippen LogP contribution in [0, 0.1) is 5.92 Å². The molecule has 2 unspecified atom stereocenters. The average Bonchev–Trinajstić information content (AvgIpc) is 3.16. The highest BCUT2D eigenvalue weighted by Crippen LogP contribution is 2.25. The number of hydrogen-bond donors (Lipinski definition) is 2. The Morgan fingerprint density at radius 2 is 2.00 bits per heavy atom. The van der Waals surface area contributed by atoms with Gasteiger partial charge in [-0.25, -0.2) is 0 Å². The van der Waals surface area contributed by atoms with E-state index in [1.807, 2.05) is 12.3 Å². The van der Waals surface area contributed by atoms with E-state index in [9.17, 15) is 19.5 Å². The predicted octanol–water partition coefficient (Wildman–Crippen LogP) is 3.33. The number of thiophene rings is 1. The largest absolute Gasteiger partial charge is 0.481 e. The predicted molar refractivity (Wildman–Crippen MR) is 99.6 cm³/mol. The second-order valence-electron chi connectivity index (χ2n) is 6.43. The summed E-state index contributed by atoms with van der Waals surface area (Å²) in [6.45, 7) is 2.14. The SMILES string of the molecule is CC1CCC(C(=O)O)CN1C(=O)c1cccc(NC(=O)c2cccs2)c1. The third-order valence-electron chi connectivity index (χ3n) is 4.60. The Labute approximate surface area is 155 Å². The van der Waals surface area contributed by atoms with Gasteiger partial charge in [-0.3, -0.25) is 14.4 Å². The van der Waals surface area contributed by atoms with Gasteiger partial charge in [0, 0.05) is 23.8 Å². The zero-order chi connectivity index (χ0) is 18.7.